The van der Waals surface area contributed by atoms with Crippen LogP contribution >= 0.6 is 0 Å². The van der Waals surface area contributed by atoms with Crippen LogP contribution in [0.5, 0.6) is 11.5 Å². The molecule has 28 heavy (non-hydrogen) atoms. The van der Waals surface area contributed by atoms with Gasteiger partial charge in [0.05, 0.1) is 17.7 Å². The standard InChI is InChI=1S/C22H20N4O2/c23-12-16-7-9-18(10-8-16)28-21-14-25-26-22(21)19-5-1-2-6-20(19)27-15-17-4-3-11-24-13-17/h1-11,13,21-22,25-26H,14-15H2. The van der Waals surface area contributed by atoms with Crippen molar-refractivity contribution in [3.63, 3.8) is 0 Å². The summed E-state index contributed by atoms with van der Waals surface area (Å²) in [5, 5.41) is 8.94. The first-order valence-electron chi connectivity index (χ1n) is 9.09. The molecule has 0 saturated carbocycles. The average Bonchev–Trinajstić information content (AvgIpc) is 3.21. The van der Waals surface area contributed by atoms with Crippen LogP contribution in [0.3, 0.4) is 0 Å². The fourth-order valence-electron chi connectivity index (χ4n) is 3.16. The predicted octanol–water partition coefficient (Wildman–Crippen LogP) is 3.13. The molecular formula is C22H20N4O2. The van der Waals surface area contributed by atoms with Gasteiger partial charge in [-0.2, -0.15) is 5.26 Å². The van der Waals surface area contributed by atoms with E-state index in [2.05, 4.69) is 21.9 Å². The molecular weight excluding hydrogens is 352 g/mol. The highest BCUT2D eigenvalue weighted by Crippen LogP contribution is 2.31. The Morgan fingerprint density at radius 1 is 1.07 bits per heavy atom. The van der Waals surface area contributed by atoms with E-state index < -0.39 is 0 Å². The first-order valence-corrected chi connectivity index (χ1v) is 9.09. The van der Waals surface area contributed by atoms with Crippen LogP contribution in [0.4, 0.5) is 0 Å². The molecule has 2 aromatic carbocycles. The number of pyridine rings is 1. The summed E-state index contributed by atoms with van der Waals surface area (Å²) in [4.78, 5) is 4.13. The van der Waals surface area contributed by atoms with E-state index in [-0.39, 0.29) is 12.1 Å². The molecule has 0 spiro atoms. The second kappa shape index (κ2) is 8.53. The number of hydrazine groups is 1. The maximum absolute atomic E-state index is 8.94. The summed E-state index contributed by atoms with van der Waals surface area (Å²) in [5.74, 6) is 1.54. The fraction of sp³-hybridized carbons (Fsp3) is 0.182. The van der Waals surface area contributed by atoms with Crippen molar-refractivity contribution < 1.29 is 9.47 Å². The van der Waals surface area contributed by atoms with Gasteiger partial charge in [0, 0.05) is 30.1 Å². The normalized spacial score (nSPS) is 18.4. The van der Waals surface area contributed by atoms with Crippen LogP contribution < -0.4 is 20.3 Å². The summed E-state index contributed by atoms with van der Waals surface area (Å²) < 4.78 is 12.2. The number of aromatic nitrogens is 1. The molecule has 2 N–H and O–H groups in total. The summed E-state index contributed by atoms with van der Waals surface area (Å²) in [6.07, 6.45) is 3.43. The van der Waals surface area contributed by atoms with Gasteiger partial charge in [-0.3, -0.25) is 10.4 Å². The molecule has 0 amide bonds. The Balaban J connectivity index is 1.50. The number of benzene rings is 2. The van der Waals surface area contributed by atoms with Gasteiger partial charge in [-0.1, -0.05) is 24.3 Å². The molecule has 2 heterocycles. The third kappa shape index (κ3) is 4.12. The number of nitriles is 1. The van der Waals surface area contributed by atoms with Gasteiger partial charge in [0.15, 0.2) is 0 Å². The van der Waals surface area contributed by atoms with E-state index in [4.69, 9.17) is 14.7 Å². The van der Waals surface area contributed by atoms with E-state index >= 15 is 0 Å². The zero-order chi connectivity index (χ0) is 19.2. The first kappa shape index (κ1) is 18.0. The van der Waals surface area contributed by atoms with E-state index in [1.54, 1.807) is 24.5 Å². The number of ether oxygens (including phenoxy) is 2. The van der Waals surface area contributed by atoms with Crippen molar-refractivity contribution in [3.8, 4) is 17.6 Å². The lowest BCUT2D eigenvalue weighted by Crippen LogP contribution is -2.28. The molecule has 1 fully saturated rings. The maximum Gasteiger partial charge on any atom is 0.133 e. The molecule has 2 atom stereocenters. The second-order valence-electron chi connectivity index (χ2n) is 6.48. The minimum atomic E-state index is -0.115. The SMILES string of the molecule is N#Cc1ccc(OC2CNNC2c2ccccc2OCc2cccnc2)cc1. The van der Waals surface area contributed by atoms with Crippen molar-refractivity contribution in [2.75, 3.05) is 6.54 Å². The van der Waals surface area contributed by atoms with Crippen molar-refractivity contribution in [1.82, 2.24) is 15.8 Å². The van der Waals surface area contributed by atoms with E-state index in [0.29, 0.717) is 18.7 Å². The molecule has 1 saturated heterocycles. The molecule has 2 unspecified atom stereocenters. The third-order valence-electron chi connectivity index (χ3n) is 4.57. The second-order valence-corrected chi connectivity index (χ2v) is 6.48. The van der Waals surface area contributed by atoms with E-state index in [9.17, 15) is 0 Å². The Bertz CT molecular complexity index is 954. The minimum absolute atomic E-state index is 0.0688. The van der Waals surface area contributed by atoms with Crippen LogP contribution in [0.1, 0.15) is 22.7 Å². The highest BCUT2D eigenvalue weighted by atomic mass is 16.5. The van der Waals surface area contributed by atoms with Gasteiger partial charge in [-0.05, 0) is 36.4 Å². The number of para-hydroxylation sites is 1. The Labute approximate surface area is 163 Å². The summed E-state index contributed by atoms with van der Waals surface area (Å²) in [7, 11) is 0. The molecule has 0 bridgehead atoms. The largest absolute Gasteiger partial charge is 0.489 e. The zero-order valence-corrected chi connectivity index (χ0v) is 15.2. The predicted molar refractivity (Wildman–Crippen MR) is 104 cm³/mol. The van der Waals surface area contributed by atoms with Gasteiger partial charge in [-0.25, -0.2) is 5.43 Å². The van der Waals surface area contributed by atoms with Gasteiger partial charge >= 0.3 is 0 Å². The van der Waals surface area contributed by atoms with Crippen LogP contribution in [0.15, 0.2) is 73.1 Å². The molecule has 0 aliphatic carbocycles. The third-order valence-corrected chi connectivity index (χ3v) is 4.57. The van der Waals surface area contributed by atoms with Crippen molar-refractivity contribution in [2.24, 2.45) is 0 Å². The van der Waals surface area contributed by atoms with E-state index in [0.717, 1.165) is 22.6 Å². The highest BCUT2D eigenvalue weighted by molar-refractivity contribution is 5.38. The smallest absolute Gasteiger partial charge is 0.133 e. The molecule has 1 aliphatic heterocycles. The van der Waals surface area contributed by atoms with Crippen molar-refractivity contribution in [1.29, 1.82) is 5.26 Å². The number of nitrogens with one attached hydrogen (secondary N) is 2. The van der Waals surface area contributed by atoms with Crippen molar-refractivity contribution >= 4 is 0 Å². The van der Waals surface area contributed by atoms with Gasteiger partial charge in [-0.15, -0.1) is 0 Å². The van der Waals surface area contributed by atoms with Crippen molar-refractivity contribution in [2.45, 2.75) is 18.8 Å². The minimum Gasteiger partial charge on any atom is -0.489 e. The molecule has 1 aliphatic rings. The van der Waals surface area contributed by atoms with Gasteiger partial charge in [0.1, 0.15) is 24.2 Å². The molecule has 6 heteroatoms. The number of nitrogens with zero attached hydrogens (tertiary/aromatic N) is 2. The lowest BCUT2D eigenvalue weighted by Gasteiger charge is -2.22. The van der Waals surface area contributed by atoms with Gasteiger partial charge < -0.3 is 9.47 Å². The highest BCUT2D eigenvalue weighted by Gasteiger charge is 2.32. The molecule has 0 radical (unpaired) electrons. The number of rotatable bonds is 6. The van der Waals surface area contributed by atoms with Crippen LogP contribution in [0.25, 0.3) is 0 Å². The van der Waals surface area contributed by atoms with Gasteiger partial charge in [0.2, 0.25) is 0 Å². The average molecular weight is 372 g/mol. The van der Waals surface area contributed by atoms with Crippen LogP contribution in [-0.2, 0) is 6.61 Å². The summed E-state index contributed by atoms with van der Waals surface area (Å²) >= 11 is 0. The van der Waals surface area contributed by atoms with Crippen LogP contribution in [0, 0.1) is 11.3 Å². The Morgan fingerprint density at radius 3 is 2.71 bits per heavy atom. The summed E-state index contributed by atoms with van der Waals surface area (Å²) in [6, 6.07) is 21.0. The molecule has 4 rings (SSSR count). The fourth-order valence-corrected chi connectivity index (χ4v) is 3.16. The van der Waals surface area contributed by atoms with E-state index in [1.165, 1.54) is 0 Å². The number of hydrogen-bond donors (Lipinski definition) is 2. The summed E-state index contributed by atoms with van der Waals surface area (Å²) in [6.45, 7) is 1.10. The lowest BCUT2D eigenvalue weighted by molar-refractivity contribution is 0.193. The zero-order valence-electron chi connectivity index (χ0n) is 15.2. The monoisotopic (exact) mass is 372 g/mol. The van der Waals surface area contributed by atoms with Crippen LogP contribution in [-0.4, -0.2) is 17.6 Å². The Kier molecular flexibility index (Phi) is 5.48. The number of hydrogen-bond acceptors (Lipinski definition) is 6. The molecule has 3 aromatic rings. The Morgan fingerprint density at radius 2 is 1.93 bits per heavy atom. The van der Waals surface area contributed by atoms with Crippen LogP contribution in [0.2, 0.25) is 0 Å². The summed E-state index contributed by atoms with van der Waals surface area (Å²) in [5.41, 5.74) is 9.11. The lowest BCUT2D eigenvalue weighted by atomic mass is 10.0. The molecule has 140 valence electrons. The van der Waals surface area contributed by atoms with Crippen molar-refractivity contribution in [3.05, 3.63) is 89.7 Å². The molecule has 1 aromatic heterocycles. The first-order chi connectivity index (χ1) is 13.8. The quantitative estimate of drug-likeness (QED) is 0.692. The topological polar surface area (TPSA) is 79.2 Å². The Hall–Kier alpha value is -3.40. The molecule has 6 nitrogen and oxygen atoms in total. The van der Waals surface area contributed by atoms with Gasteiger partial charge in [0.25, 0.3) is 0 Å². The van der Waals surface area contributed by atoms with E-state index in [1.807, 2.05) is 48.5 Å². The maximum atomic E-state index is 8.94.